The Kier molecular flexibility index (Phi) is 2.67. The molecular formula is C11H17NO3. The van der Waals surface area contributed by atoms with E-state index in [1.165, 1.54) is 0 Å². The van der Waals surface area contributed by atoms with E-state index in [1.54, 1.807) is 0 Å². The third-order valence-corrected chi connectivity index (χ3v) is 3.50. The molecule has 84 valence electrons. The van der Waals surface area contributed by atoms with Gasteiger partial charge in [-0.3, -0.25) is 9.59 Å². The average Bonchev–Trinajstić information content (AvgIpc) is 2.92. The van der Waals surface area contributed by atoms with Crippen LogP contribution in [0.5, 0.6) is 0 Å². The maximum Gasteiger partial charge on any atom is 0.306 e. The lowest BCUT2D eigenvalue weighted by Crippen LogP contribution is -2.29. The number of amides is 1. The Morgan fingerprint density at radius 3 is 2.73 bits per heavy atom. The van der Waals surface area contributed by atoms with Gasteiger partial charge in [0, 0.05) is 19.0 Å². The van der Waals surface area contributed by atoms with Crippen LogP contribution >= 0.6 is 0 Å². The minimum absolute atomic E-state index is 0.0283. The van der Waals surface area contributed by atoms with E-state index in [2.05, 4.69) is 0 Å². The fraction of sp³-hybridized carbons (Fsp3) is 0.818. The largest absolute Gasteiger partial charge is 0.481 e. The van der Waals surface area contributed by atoms with Crippen LogP contribution < -0.4 is 0 Å². The quantitative estimate of drug-likeness (QED) is 0.757. The Bertz CT molecular complexity index is 286. The van der Waals surface area contributed by atoms with E-state index in [4.69, 9.17) is 5.11 Å². The molecule has 1 aliphatic heterocycles. The molecule has 1 amide bonds. The smallest absolute Gasteiger partial charge is 0.306 e. The van der Waals surface area contributed by atoms with Gasteiger partial charge < -0.3 is 10.0 Å². The van der Waals surface area contributed by atoms with Crippen molar-refractivity contribution < 1.29 is 14.7 Å². The Labute approximate surface area is 89.3 Å². The summed E-state index contributed by atoms with van der Waals surface area (Å²) < 4.78 is 0. The molecule has 0 bridgehead atoms. The number of hydrogen-bond acceptors (Lipinski definition) is 2. The number of hydrogen-bond donors (Lipinski definition) is 1. The number of carbonyl (C=O) groups is 2. The van der Waals surface area contributed by atoms with E-state index in [0.717, 1.165) is 12.8 Å². The van der Waals surface area contributed by atoms with Crippen molar-refractivity contribution in [3.8, 4) is 0 Å². The van der Waals surface area contributed by atoms with Crippen LogP contribution in [0.25, 0.3) is 0 Å². The highest BCUT2D eigenvalue weighted by atomic mass is 16.4. The highest BCUT2D eigenvalue weighted by Gasteiger charge is 2.42. The molecular weight excluding hydrogens is 194 g/mol. The monoisotopic (exact) mass is 211 g/mol. The molecule has 1 saturated heterocycles. The molecule has 4 heteroatoms. The molecule has 2 fully saturated rings. The van der Waals surface area contributed by atoms with Crippen molar-refractivity contribution in [2.45, 2.75) is 38.6 Å². The number of carbonyl (C=O) groups excluding carboxylic acids is 1. The summed E-state index contributed by atoms with van der Waals surface area (Å²) in [5, 5.41) is 9.03. The van der Waals surface area contributed by atoms with Crippen molar-refractivity contribution in [1.29, 1.82) is 0 Å². The third-order valence-electron chi connectivity index (χ3n) is 3.50. The van der Waals surface area contributed by atoms with Gasteiger partial charge in [-0.25, -0.2) is 0 Å². The lowest BCUT2D eigenvalue weighted by atomic mass is 9.89. The molecule has 2 atom stereocenters. The van der Waals surface area contributed by atoms with Gasteiger partial charge in [0.2, 0.25) is 5.91 Å². The van der Waals surface area contributed by atoms with Crippen molar-refractivity contribution in [1.82, 2.24) is 4.90 Å². The summed E-state index contributed by atoms with van der Waals surface area (Å²) in [7, 11) is 0. The highest BCUT2D eigenvalue weighted by molar-refractivity contribution is 5.81. The number of aliphatic carboxylic acids is 1. The summed E-state index contributed by atoms with van der Waals surface area (Å²) in [6.07, 6.45) is 3.25. The predicted molar refractivity (Wildman–Crippen MR) is 54.3 cm³/mol. The van der Waals surface area contributed by atoms with E-state index in [0.29, 0.717) is 25.4 Å². The summed E-state index contributed by atoms with van der Waals surface area (Å²) in [4.78, 5) is 24.5. The molecule has 0 spiro atoms. The SMILES string of the molecule is CCC(C(=O)O)C1CC(=O)N(C2CC2)C1. The molecule has 2 unspecified atom stereocenters. The van der Waals surface area contributed by atoms with Crippen LogP contribution in [0, 0.1) is 11.8 Å². The zero-order valence-electron chi connectivity index (χ0n) is 8.98. The lowest BCUT2D eigenvalue weighted by molar-refractivity contribution is -0.143. The Hall–Kier alpha value is -1.06. The number of rotatable bonds is 4. The zero-order chi connectivity index (χ0) is 11.0. The molecule has 4 nitrogen and oxygen atoms in total. The molecule has 1 saturated carbocycles. The first-order valence-corrected chi connectivity index (χ1v) is 5.65. The normalized spacial score (nSPS) is 28.2. The third kappa shape index (κ3) is 1.98. The maximum atomic E-state index is 11.6. The van der Waals surface area contributed by atoms with Crippen molar-refractivity contribution in [3.05, 3.63) is 0 Å². The molecule has 0 aromatic rings. The van der Waals surface area contributed by atoms with E-state index in [1.807, 2.05) is 11.8 Å². The van der Waals surface area contributed by atoms with Gasteiger partial charge >= 0.3 is 5.97 Å². The van der Waals surface area contributed by atoms with Gasteiger partial charge in [-0.2, -0.15) is 0 Å². The first-order valence-electron chi connectivity index (χ1n) is 5.65. The Morgan fingerprint density at radius 2 is 2.27 bits per heavy atom. The minimum atomic E-state index is -0.757. The first-order chi connectivity index (χ1) is 7.13. The van der Waals surface area contributed by atoms with Crippen LogP contribution in [0.15, 0.2) is 0 Å². The fourth-order valence-corrected chi connectivity index (χ4v) is 2.48. The average molecular weight is 211 g/mol. The molecule has 2 aliphatic rings. The standard InChI is InChI=1S/C11H17NO3/c1-2-9(11(14)15)7-5-10(13)12(6-7)8-3-4-8/h7-9H,2-6H2,1H3,(H,14,15). The van der Waals surface area contributed by atoms with Crippen molar-refractivity contribution in [3.63, 3.8) is 0 Å². The van der Waals surface area contributed by atoms with Gasteiger partial charge in [0.15, 0.2) is 0 Å². The van der Waals surface area contributed by atoms with E-state index < -0.39 is 5.97 Å². The van der Waals surface area contributed by atoms with Crippen molar-refractivity contribution >= 4 is 11.9 Å². The van der Waals surface area contributed by atoms with Crippen LogP contribution in [0.2, 0.25) is 0 Å². The molecule has 0 radical (unpaired) electrons. The maximum absolute atomic E-state index is 11.6. The van der Waals surface area contributed by atoms with Gasteiger partial charge in [-0.05, 0) is 25.2 Å². The summed E-state index contributed by atoms with van der Waals surface area (Å²) in [6.45, 7) is 2.54. The molecule has 1 aliphatic carbocycles. The summed E-state index contributed by atoms with van der Waals surface area (Å²) in [5.74, 6) is -0.923. The van der Waals surface area contributed by atoms with Crippen LogP contribution in [0.1, 0.15) is 32.6 Å². The van der Waals surface area contributed by atoms with E-state index in [-0.39, 0.29) is 17.7 Å². The predicted octanol–water partition coefficient (Wildman–Crippen LogP) is 1.11. The molecule has 2 rings (SSSR count). The molecule has 1 N–H and O–H groups in total. The number of likely N-dealkylation sites (tertiary alicyclic amines) is 1. The van der Waals surface area contributed by atoms with Gasteiger partial charge in [-0.15, -0.1) is 0 Å². The van der Waals surface area contributed by atoms with Gasteiger partial charge in [0.05, 0.1) is 5.92 Å². The van der Waals surface area contributed by atoms with Gasteiger partial charge in [0.1, 0.15) is 0 Å². The van der Waals surface area contributed by atoms with Crippen LogP contribution in [0.4, 0.5) is 0 Å². The van der Waals surface area contributed by atoms with Crippen LogP contribution in [-0.4, -0.2) is 34.5 Å². The van der Waals surface area contributed by atoms with E-state index in [9.17, 15) is 9.59 Å². The second kappa shape index (κ2) is 3.83. The molecule has 0 aromatic carbocycles. The second-order valence-corrected chi connectivity index (χ2v) is 4.59. The number of carboxylic acid groups (broad SMARTS) is 1. The van der Waals surface area contributed by atoms with Gasteiger partial charge in [0.25, 0.3) is 0 Å². The summed E-state index contributed by atoms with van der Waals surface area (Å²) in [6, 6.07) is 0.425. The van der Waals surface area contributed by atoms with Crippen molar-refractivity contribution in [2.75, 3.05) is 6.54 Å². The minimum Gasteiger partial charge on any atom is -0.481 e. The Balaban J connectivity index is 2.00. The zero-order valence-corrected chi connectivity index (χ0v) is 8.98. The van der Waals surface area contributed by atoms with E-state index >= 15 is 0 Å². The molecule has 0 aromatic heterocycles. The summed E-state index contributed by atoms with van der Waals surface area (Å²) >= 11 is 0. The van der Waals surface area contributed by atoms with Crippen LogP contribution in [0.3, 0.4) is 0 Å². The van der Waals surface area contributed by atoms with Gasteiger partial charge in [-0.1, -0.05) is 6.92 Å². The number of nitrogens with zero attached hydrogens (tertiary/aromatic N) is 1. The highest BCUT2D eigenvalue weighted by Crippen LogP contribution is 2.35. The van der Waals surface area contributed by atoms with Crippen molar-refractivity contribution in [2.24, 2.45) is 11.8 Å². The second-order valence-electron chi connectivity index (χ2n) is 4.59. The molecule has 15 heavy (non-hydrogen) atoms. The first kappa shape index (κ1) is 10.5. The Morgan fingerprint density at radius 1 is 1.60 bits per heavy atom. The molecule has 1 heterocycles. The number of carboxylic acids is 1. The summed E-state index contributed by atoms with van der Waals surface area (Å²) in [5.41, 5.74) is 0. The van der Waals surface area contributed by atoms with Crippen LogP contribution in [-0.2, 0) is 9.59 Å². The lowest BCUT2D eigenvalue weighted by Gasteiger charge is -2.18. The topological polar surface area (TPSA) is 57.6 Å². The fourth-order valence-electron chi connectivity index (χ4n) is 2.48.